The summed E-state index contributed by atoms with van der Waals surface area (Å²) in [6.45, 7) is 1.77. The molecule has 0 bridgehead atoms. The minimum atomic E-state index is -0.783. The lowest BCUT2D eigenvalue weighted by Crippen LogP contribution is -2.25. The number of aromatic nitrogens is 6. The van der Waals surface area contributed by atoms with E-state index in [-0.39, 0.29) is 18.1 Å². The monoisotopic (exact) mass is 511 g/mol. The van der Waals surface area contributed by atoms with E-state index in [0.29, 0.717) is 44.5 Å². The molecule has 0 aliphatic rings. The number of anilines is 1. The fraction of sp³-hybridized carbons (Fsp3) is 0.0741. The van der Waals surface area contributed by atoms with Gasteiger partial charge in [-0.25, -0.2) is 23.4 Å². The number of fused-ring (bicyclic) bond motifs is 2. The molecular formula is C27H19F2N7O2. The van der Waals surface area contributed by atoms with Gasteiger partial charge >= 0.3 is 0 Å². The van der Waals surface area contributed by atoms with Crippen molar-refractivity contribution in [3.8, 4) is 22.7 Å². The molecule has 6 rings (SSSR count). The topological polar surface area (TPSA) is 125 Å². The third-order valence-electron chi connectivity index (χ3n) is 6.38. The van der Waals surface area contributed by atoms with Gasteiger partial charge in [0.2, 0.25) is 0 Å². The third-order valence-corrected chi connectivity index (χ3v) is 6.38. The lowest BCUT2D eigenvalue weighted by atomic mass is 10.1. The maximum absolute atomic E-state index is 15.0. The second kappa shape index (κ2) is 8.73. The molecule has 11 heteroatoms. The largest absolute Gasteiger partial charge is 0.505 e. The Hall–Kier alpha value is -5.19. The SMILES string of the molecule is Cc1ccnc2cc(Cn3nc(-c4ccc(F)c(O)c4)c4c(N)ncnc43)n(-c3ccccc3F)c(=O)c12. The number of rotatable bonds is 4. The highest BCUT2D eigenvalue weighted by Gasteiger charge is 2.21. The summed E-state index contributed by atoms with van der Waals surface area (Å²) < 4.78 is 31.5. The molecule has 3 N–H and O–H groups in total. The summed E-state index contributed by atoms with van der Waals surface area (Å²) in [5.74, 6) is -1.78. The van der Waals surface area contributed by atoms with Crippen molar-refractivity contribution in [2.24, 2.45) is 0 Å². The second-order valence-electron chi connectivity index (χ2n) is 8.75. The Balaban J connectivity index is 1.62. The van der Waals surface area contributed by atoms with Gasteiger partial charge in [0, 0.05) is 11.8 Å². The average molecular weight is 511 g/mol. The summed E-state index contributed by atoms with van der Waals surface area (Å²) in [7, 11) is 0. The van der Waals surface area contributed by atoms with Crippen LogP contribution in [-0.4, -0.2) is 34.4 Å². The number of aryl methyl sites for hydroxylation is 1. The first-order valence-corrected chi connectivity index (χ1v) is 11.5. The summed E-state index contributed by atoms with van der Waals surface area (Å²) in [4.78, 5) is 26.5. The minimum Gasteiger partial charge on any atom is -0.505 e. The molecule has 0 aliphatic heterocycles. The van der Waals surface area contributed by atoms with Gasteiger partial charge in [-0.1, -0.05) is 12.1 Å². The predicted molar refractivity (Wildman–Crippen MR) is 138 cm³/mol. The first-order valence-electron chi connectivity index (χ1n) is 11.5. The van der Waals surface area contributed by atoms with Crippen LogP contribution in [-0.2, 0) is 6.54 Å². The number of para-hydroxylation sites is 1. The van der Waals surface area contributed by atoms with Crippen LogP contribution in [0.25, 0.3) is 38.9 Å². The first-order chi connectivity index (χ1) is 18.3. The van der Waals surface area contributed by atoms with Gasteiger partial charge in [0.15, 0.2) is 17.2 Å². The smallest absolute Gasteiger partial charge is 0.265 e. The van der Waals surface area contributed by atoms with Crippen molar-refractivity contribution >= 4 is 27.8 Å². The zero-order valence-corrected chi connectivity index (χ0v) is 19.9. The number of hydrogen-bond acceptors (Lipinski definition) is 7. The van der Waals surface area contributed by atoms with Crippen molar-refractivity contribution in [3.05, 3.63) is 100 Å². The van der Waals surface area contributed by atoms with Crippen LogP contribution >= 0.6 is 0 Å². The van der Waals surface area contributed by atoms with Crippen LogP contribution in [0.15, 0.2) is 71.9 Å². The molecule has 0 saturated heterocycles. The van der Waals surface area contributed by atoms with Gasteiger partial charge < -0.3 is 10.8 Å². The van der Waals surface area contributed by atoms with Gasteiger partial charge in [0.05, 0.1) is 34.2 Å². The van der Waals surface area contributed by atoms with E-state index in [4.69, 9.17) is 5.73 Å². The first kappa shape index (κ1) is 23.2. The Labute approximate surface area is 213 Å². The van der Waals surface area contributed by atoms with Gasteiger partial charge in [-0.05, 0) is 55.0 Å². The number of pyridine rings is 2. The average Bonchev–Trinajstić information content (AvgIpc) is 3.26. The maximum Gasteiger partial charge on any atom is 0.265 e. The number of aromatic hydroxyl groups is 1. The van der Waals surface area contributed by atoms with Crippen molar-refractivity contribution in [2.45, 2.75) is 13.5 Å². The Morgan fingerprint density at radius 3 is 2.58 bits per heavy atom. The molecule has 0 amide bonds. The van der Waals surface area contributed by atoms with Gasteiger partial charge in [0.25, 0.3) is 5.56 Å². The Morgan fingerprint density at radius 1 is 0.974 bits per heavy atom. The maximum atomic E-state index is 15.0. The molecule has 0 aliphatic carbocycles. The van der Waals surface area contributed by atoms with Crippen molar-refractivity contribution < 1.29 is 13.9 Å². The number of halogens is 2. The summed E-state index contributed by atoms with van der Waals surface area (Å²) in [5.41, 5.74) is 8.39. The van der Waals surface area contributed by atoms with Crippen molar-refractivity contribution in [1.82, 2.24) is 29.3 Å². The fourth-order valence-electron chi connectivity index (χ4n) is 4.60. The van der Waals surface area contributed by atoms with Crippen LogP contribution in [0, 0.1) is 18.6 Å². The second-order valence-corrected chi connectivity index (χ2v) is 8.75. The molecule has 9 nitrogen and oxygen atoms in total. The van der Waals surface area contributed by atoms with E-state index < -0.39 is 22.9 Å². The molecule has 0 spiro atoms. The normalized spacial score (nSPS) is 11.4. The summed E-state index contributed by atoms with van der Waals surface area (Å²) >= 11 is 0. The molecular weight excluding hydrogens is 492 g/mol. The minimum absolute atomic E-state index is 0.0186. The van der Waals surface area contributed by atoms with Crippen molar-refractivity contribution in [1.29, 1.82) is 0 Å². The standard InChI is InChI=1S/C27H19F2N7O2/c1-14-8-9-31-19-11-16(36(27(38)22(14)19)20-5-3-2-4-17(20)28)12-35-26-23(25(30)32-13-33-26)24(34-35)15-6-7-18(29)21(37)10-15/h2-11,13,37H,12H2,1H3,(H2,30,32,33). The molecule has 0 radical (unpaired) electrons. The Kier molecular flexibility index (Phi) is 5.34. The highest BCUT2D eigenvalue weighted by atomic mass is 19.1. The van der Waals surface area contributed by atoms with E-state index in [2.05, 4.69) is 20.1 Å². The zero-order valence-electron chi connectivity index (χ0n) is 19.9. The number of benzene rings is 2. The van der Waals surface area contributed by atoms with Crippen molar-refractivity contribution in [2.75, 3.05) is 5.73 Å². The van der Waals surface area contributed by atoms with E-state index in [9.17, 15) is 18.7 Å². The van der Waals surface area contributed by atoms with Crippen LogP contribution in [0.1, 0.15) is 11.3 Å². The van der Waals surface area contributed by atoms with Crippen LogP contribution in [0.4, 0.5) is 14.6 Å². The van der Waals surface area contributed by atoms with Gasteiger partial charge in [0.1, 0.15) is 23.7 Å². The van der Waals surface area contributed by atoms with E-state index >= 15 is 0 Å². The molecule has 0 saturated carbocycles. The van der Waals surface area contributed by atoms with E-state index in [0.717, 1.165) is 6.07 Å². The van der Waals surface area contributed by atoms with Gasteiger partial charge in [-0.3, -0.25) is 14.3 Å². The van der Waals surface area contributed by atoms with Crippen LogP contribution in [0.3, 0.4) is 0 Å². The van der Waals surface area contributed by atoms with Gasteiger partial charge in [-0.15, -0.1) is 0 Å². The molecule has 6 aromatic rings. The molecule has 4 aromatic heterocycles. The lowest BCUT2D eigenvalue weighted by molar-refractivity contribution is 0.432. The number of nitrogens with two attached hydrogens (primary N) is 1. The van der Waals surface area contributed by atoms with Crippen LogP contribution in [0.5, 0.6) is 5.75 Å². The highest BCUT2D eigenvalue weighted by Crippen LogP contribution is 2.33. The molecule has 188 valence electrons. The molecule has 4 heterocycles. The molecule has 0 unspecified atom stereocenters. The van der Waals surface area contributed by atoms with Crippen LogP contribution < -0.4 is 11.3 Å². The molecule has 38 heavy (non-hydrogen) atoms. The summed E-state index contributed by atoms with van der Waals surface area (Å²) in [5, 5.41) is 15.3. The highest BCUT2D eigenvalue weighted by molar-refractivity contribution is 5.98. The number of phenolic OH excluding ortho intramolecular Hbond substituents is 1. The van der Waals surface area contributed by atoms with Crippen molar-refractivity contribution in [3.63, 3.8) is 0 Å². The van der Waals surface area contributed by atoms with E-state index in [1.165, 1.54) is 39.8 Å². The predicted octanol–water partition coefficient (Wildman–Crippen LogP) is 4.12. The number of nitrogens with zero attached hydrogens (tertiary/aromatic N) is 6. The molecule has 0 atom stereocenters. The van der Waals surface area contributed by atoms with Crippen LogP contribution in [0.2, 0.25) is 0 Å². The Bertz CT molecular complexity index is 1950. The quantitative estimate of drug-likeness (QED) is 0.365. The van der Waals surface area contributed by atoms with E-state index in [1.807, 2.05) is 0 Å². The van der Waals surface area contributed by atoms with Gasteiger partial charge in [-0.2, -0.15) is 5.10 Å². The van der Waals surface area contributed by atoms with E-state index in [1.54, 1.807) is 37.4 Å². The summed E-state index contributed by atoms with van der Waals surface area (Å²) in [6, 6.07) is 13.2. The lowest BCUT2D eigenvalue weighted by Gasteiger charge is -2.16. The zero-order chi connectivity index (χ0) is 26.6. The number of hydrogen-bond donors (Lipinski definition) is 2. The Morgan fingerprint density at radius 2 is 1.79 bits per heavy atom. The number of nitrogen functional groups attached to an aromatic ring is 1. The fourth-order valence-corrected chi connectivity index (χ4v) is 4.60. The molecule has 0 fully saturated rings. The third kappa shape index (κ3) is 3.63. The summed E-state index contributed by atoms with van der Waals surface area (Å²) in [6.07, 6.45) is 2.88. The number of phenols is 1. The molecule has 2 aromatic carbocycles.